The van der Waals surface area contributed by atoms with Gasteiger partial charge in [0.05, 0.1) is 13.0 Å². The van der Waals surface area contributed by atoms with Crippen LogP contribution in [0.15, 0.2) is 46.9 Å². The van der Waals surface area contributed by atoms with Crippen LogP contribution in [0.1, 0.15) is 27.9 Å². The van der Waals surface area contributed by atoms with Crippen LogP contribution in [0, 0.1) is 5.82 Å². The maximum Gasteiger partial charge on any atom is 0.261 e. The van der Waals surface area contributed by atoms with Crippen molar-refractivity contribution in [2.75, 3.05) is 0 Å². The summed E-state index contributed by atoms with van der Waals surface area (Å²) in [5.41, 5.74) is -1.32. The number of hydrogen-bond acceptors (Lipinski definition) is 4. The number of carbonyl (C=O) groups excluding carboxylic acids is 4. The van der Waals surface area contributed by atoms with Crippen molar-refractivity contribution in [2.45, 2.75) is 18.4 Å². The van der Waals surface area contributed by atoms with Crippen molar-refractivity contribution in [1.82, 2.24) is 10.2 Å². The predicted molar refractivity (Wildman–Crippen MR) is 94.9 cm³/mol. The van der Waals surface area contributed by atoms with Gasteiger partial charge < -0.3 is 0 Å². The zero-order valence-electron chi connectivity index (χ0n) is 13.8. The first kappa shape index (κ1) is 17.5. The SMILES string of the molecule is O=C1C[C@]2(C(=O)N1)C(=O)N(Cc1ccc(Br)cc1F)C(=O)c1ccccc12. The average molecular weight is 431 g/mol. The Hall–Kier alpha value is -2.87. The molecule has 1 N–H and O–H groups in total. The third-order valence-electron chi connectivity index (χ3n) is 4.88. The number of nitrogens with one attached hydrogen (secondary N) is 1. The fourth-order valence-electron chi connectivity index (χ4n) is 3.58. The van der Waals surface area contributed by atoms with E-state index in [2.05, 4.69) is 21.2 Å². The van der Waals surface area contributed by atoms with Gasteiger partial charge in [-0.2, -0.15) is 0 Å². The average Bonchev–Trinajstić information content (AvgIpc) is 2.94. The zero-order valence-corrected chi connectivity index (χ0v) is 15.4. The maximum atomic E-state index is 14.3. The first-order chi connectivity index (χ1) is 12.8. The third-order valence-corrected chi connectivity index (χ3v) is 5.38. The van der Waals surface area contributed by atoms with Gasteiger partial charge in [0, 0.05) is 15.6 Å². The van der Waals surface area contributed by atoms with Gasteiger partial charge in [0.1, 0.15) is 5.82 Å². The van der Waals surface area contributed by atoms with Crippen LogP contribution in [0.5, 0.6) is 0 Å². The Kier molecular flexibility index (Phi) is 3.96. The molecule has 2 aromatic rings. The smallest absolute Gasteiger partial charge is 0.261 e. The Morgan fingerprint density at radius 1 is 1.11 bits per heavy atom. The lowest BCUT2D eigenvalue weighted by molar-refractivity contribution is -0.142. The highest BCUT2D eigenvalue weighted by molar-refractivity contribution is 9.10. The van der Waals surface area contributed by atoms with Crippen molar-refractivity contribution in [2.24, 2.45) is 0 Å². The number of hydrogen-bond donors (Lipinski definition) is 1. The summed E-state index contributed by atoms with van der Waals surface area (Å²) in [4.78, 5) is 51.4. The molecule has 6 nitrogen and oxygen atoms in total. The molecule has 2 heterocycles. The van der Waals surface area contributed by atoms with Crippen molar-refractivity contribution in [3.63, 3.8) is 0 Å². The maximum absolute atomic E-state index is 14.3. The molecular weight excluding hydrogens is 419 g/mol. The van der Waals surface area contributed by atoms with Crippen LogP contribution >= 0.6 is 15.9 Å². The molecule has 1 saturated heterocycles. The molecule has 4 amide bonds. The second kappa shape index (κ2) is 6.09. The van der Waals surface area contributed by atoms with E-state index in [-0.39, 0.29) is 29.7 Å². The first-order valence-electron chi connectivity index (χ1n) is 8.08. The number of benzene rings is 2. The van der Waals surface area contributed by atoms with Gasteiger partial charge in [0.15, 0.2) is 5.41 Å². The summed E-state index contributed by atoms with van der Waals surface area (Å²) < 4.78 is 14.8. The van der Waals surface area contributed by atoms with Crippen molar-refractivity contribution in [1.29, 1.82) is 0 Å². The van der Waals surface area contributed by atoms with E-state index in [0.29, 0.717) is 4.47 Å². The summed E-state index contributed by atoms with van der Waals surface area (Å²) >= 11 is 3.15. The molecule has 1 fully saturated rings. The van der Waals surface area contributed by atoms with Crippen molar-refractivity contribution >= 4 is 39.6 Å². The second-order valence-electron chi connectivity index (χ2n) is 6.44. The van der Waals surface area contributed by atoms with E-state index in [1.54, 1.807) is 18.2 Å². The number of rotatable bonds is 2. The summed E-state index contributed by atoms with van der Waals surface area (Å²) in [6.45, 7) is -0.339. The van der Waals surface area contributed by atoms with Gasteiger partial charge in [-0.25, -0.2) is 4.39 Å². The molecule has 0 bridgehead atoms. The number of amides is 4. The minimum Gasteiger partial charge on any atom is -0.295 e. The van der Waals surface area contributed by atoms with Crippen molar-refractivity contribution < 1.29 is 23.6 Å². The summed E-state index contributed by atoms with van der Waals surface area (Å²) in [5.74, 6) is -3.40. The minimum absolute atomic E-state index is 0.124. The monoisotopic (exact) mass is 430 g/mol. The summed E-state index contributed by atoms with van der Waals surface area (Å²) in [5, 5.41) is 2.15. The highest BCUT2D eigenvalue weighted by atomic mass is 79.9. The zero-order chi connectivity index (χ0) is 19.3. The molecule has 0 radical (unpaired) electrons. The molecule has 4 rings (SSSR count). The molecule has 136 valence electrons. The van der Waals surface area contributed by atoms with Crippen LogP contribution in [0.25, 0.3) is 0 Å². The Labute approximate surface area is 161 Å². The molecule has 27 heavy (non-hydrogen) atoms. The molecule has 1 atom stereocenters. The Balaban J connectivity index is 1.85. The van der Waals surface area contributed by atoms with E-state index in [4.69, 9.17) is 0 Å². The predicted octanol–water partition coefficient (Wildman–Crippen LogP) is 2.06. The molecule has 0 unspecified atom stereocenters. The van der Waals surface area contributed by atoms with Gasteiger partial charge in [0.2, 0.25) is 11.8 Å². The lowest BCUT2D eigenvalue weighted by atomic mass is 9.72. The van der Waals surface area contributed by atoms with Gasteiger partial charge in [-0.15, -0.1) is 0 Å². The quantitative estimate of drug-likeness (QED) is 0.583. The summed E-state index contributed by atoms with van der Waals surface area (Å²) in [6, 6.07) is 10.5. The van der Waals surface area contributed by atoms with E-state index in [1.165, 1.54) is 24.3 Å². The number of imide groups is 2. The van der Waals surface area contributed by atoms with Gasteiger partial charge >= 0.3 is 0 Å². The number of fused-ring (bicyclic) bond motifs is 2. The highest BCUT2D eigenvalue weighted by Crippen LogP contribution is 2.41. The van der Waals surface area contributed by atoms with Crippen LogP contribution in [0.3, 0.4) is 0 Å². The molecule has 2 aliphatic heterocycles. The fraction of sp³-hybridized carbons (Fsp3) is 0.158. The molecule has 8 heteroatoms. The van der Waals surface area contributed by atoms with Crippen LogP contribution < -0.4 is 5.32 Å². The topological polar surface area (TPSA) is 83.6 Å². The highest BCUT2D eigenvalue weighted by Gasteiger charge is 2.60. The summed E-state index contributed by atoms with van der Waals surface area (Å²) in [7, 11) is 0. The van der Waals surface area contributed by atoms with Crippen LogP contribution in [0.4, 0.5) is 4.39 Å². The second-order valence-corrected chi connectivity index (χ2v) is 7.35. The Morgan fingerprint density at radius 3 is 2.52 bits per heavy atom. The van der Waals surface area contributed by atoms with E-state index >= 15 is 0 Å². The Bertz CT molecular complexity index is 1040. The minimum atomic E-state index is -1.80. The molecule has 0 aliphatic carbocycles. The van der Waals surface area contributed by atoms with Gasteiger partial charge in [-0.05, 0) is 23.8 Å². The summed E-state index contributed by atoms with van der Waals surface area (Å²) in [6.07, 6.45) is -0.381. The third kappa shape index (κ3) is 2.51. The molecule has 0 saturated carbocycles. The van der Waals surface area contributed by atoms with E-state index in [1.807, 2.05) is 0 Å². The normalized spacial score (nSPS) is 21.6. The number of nitrogens with zero attached hydrogens (tertiary/aromatic N) is 1. The molecule has 0 aromatic heterocycles. The molecule has 2 aliphatic rings. The molecule has 1 spiro atoms. The van der Waals surface area contributed by atoms with Gasteiger partial charge in [-0.3, -0.25) is 29.4 Å². The van der Waals surface area contributed by atoms with Gasteiger partial charge in [-0.1, -0.05) is 40.2 Å². The number of halogens is 2. The fourth-order valence-corrected chi connectivity index (χ4v) is 3.91. The standard InChI is InChI=1S/C19H12BrFN2O4/c20-11-6-5-10(14(21)7-11)9-23-16(25)12-3-1-2-4-13(12)19(18(23)27)8-15(24)22-17(19)26/h1-7H,8-9H2,(H,22,24,26)/t19-/m0/s1. The van der Waals surface area contributed by atoms with E-state index < -0.39 is 34.9 Å². The lowest BCUT2D eigenvalue weighted by Gasteiger charge is -2.37. The first-order valence-corrected chi connectivity index (χ1v) is 8.88. The van der Waals surface area contributed by atoms with Crippen molar-refractivity contribution in [3.8, 4) is 0 Å². The largest absolute Gasteiger partial charge is 0.295 e. The van der Waals surface area contributed by atoms with Crippen LogP contribution in [0.2, 0.25) is 0 Å². The molecular formula is C19H12BrFN2O4. The molecule has 2 aromatic carbocycles. The van der Waals surface area contributed by atoms with Gasteiger partial charge in [0.25, 0.3) is 11.8 Å². The van der Waals surface area contributed by atoms with E-state index in [0.717, 1.165) is 4.90 Å². The Morgan fingerprint density at radius 2 is 1.85 bits per heavy atom. The van der Waals surface area contributed by atoms with Crippen LogP contribution in [-0.4, -0.2) is 28.5 Å². The van der Waals surface area contributed by atoms with Crippen molar-refractivity contribution in [3.05, 3.63) is 69.4 Å². The lowest BCUT2D eigenvalue weighted by Crippen LogP contribution is -2.57. The number of carbonyl (C=O) groups is 4. The van der Waals surface area contributed by atoms with Crippen LogP contribution in [-0.2, 0) is 26.3 Å². The van der Waals surface area contributed by atoms with E-state index in [9.17, 15) is 23.6 Å².